The van der Waals surface area contributed by atoms with Crippen LogP contribution in [-0.4, -0.2) is 67.0 Å². The molecule has 0 radical (unpaired) electrons. The summed E-state index contributed by atoms with van der Waals surface area (Å²) in [5.74, 6) is -4.47. The van der Waals surface area contributed by atoms with E-state index in [1.165, 1.54) is 36.7 Å². The Morgan fingerprint density at radius 1 is 0.786 bits per heavy atom. The van der Waals surface area contributed by atoms with Crippen LogP contribution in [-0.2, 0) is 9.59 Å². The van der Waals surface area contributed by atoms with Crippen LogP contribution in [0.1, 0.15) is 26.4 Å². The quantitative estimate of drug-likeness (QED) is 0.159. The number of esters is 1. The molecule has 4 N–H and O–H groups in total. The van der Waals surface area contributed by atoms with Crippen molar-refractivity contribution in [1.82, 2.24) is 30.6 Å². The summed E-state index contributed by atoms with van der Waals surface area (Å²) in [7, 11) is 0. The Morgan fingerprint density at radius 3 is 2.17 bits per heavy atom. The number of carbonyl (C=O) groups is 4. The normalized spacial score (nSPS) is 10.8. The van der Waals surface area contributed by atoms with Crippen LogP contribution in [0.15, 0.2) is 67.0 Å². The lowest BCUT2D eigenvalue weighted by atomic mass is 10.1. The molecular formula is C29H22N6O7. The lowest BCUT2D eigenvalue weighted by molar-refractivity contribution is -0.136. The molecule has 0 spiro atoms. The summed E-state index contributed by atoms with van der Waals surface area (Å²) in [5, 5.41) is 24.0. The summed E-state index contributed by atoms with van der Waals surface area (Å²) in [4.78, 5) is 67.3. The molecule has 13 nitrogen and oxygen atoms in total. The highest BCUT2D eigenvalue weighted by Gasteiger charge is 2.23. The number of hydrogen-bond acceptors (Lipinski definition) is 10. The number of aromatic nitrogens is 4. The number of aryl methyl sites for hydroxylation is 1. The molecule has 3 aromatic carbocycles. The molecule has 210 valence electrons. The van der Waals surface area contributed by atoms with Gasteiger partial charge < -0.3 is 25.6 Å². The van der Waals surface area contributed by atoms with Gasteiger partial charge in [-0.2, -0.15) is 0 Å². The maximum atomic E-state index is 13.1. The molecule has 0 atom stereocenters. The van der Waals surface area contributed by atoms with Crippen molar-refractivity contribution in [3.8, 4) is 22.8 Å². The predicted molar refractivity (Wildman–Crippen MR) is 149 cm³/mol. The minimum Gasteiger partial charge on any atom is -0.507 e. The molecule has 13 heteroatoms. The largest absolute Gasteiger partial charge is 0.507 e. The fourth-order valence-corrected chi connectivity index (χ4v) is 4.13. The van der Waals surface area contributed by atoms with E-state index in [1.54, 1.807) is 31.2 Å². The van der Waals surface area contributed by atoms with Crippen LogP contribution in [0.2, 0.25) is 0 Å². The first-order valence-electron chi connectivity index (χ1n) is 12.5. The average Bonchev–Trinajstić information content (AvgIpc) is 2.98. The summed E-state index contributed by atoms with van der Waals surface area (Å²) in [6.07, 6.45) is 3.03. The number of phenolic OH excluding ortho intramolecular Hbond substituents is 1. The number of hydrogen-bond donors (Lipinski definition) is 4. The van der Waals surface area contributed by atoms with E-state index >= 15 is 0 Å². The third-order valence-electron chi connectivity index (χ3n) is 6.03. The van der Waals surface area contributed by atoms with Crippen LogP contribution in [0.5, 0.6) is 11.5 Å². The Labute approximate surface area is 237 Å². The predicted octanol–water partition coefficient (Wildman–Crippen LogP) is 2.40. The van der Waals surface area contributed by atoms with Crippen LogP contribution in [0, 0.1) is 6.92 Å². The molecular weight excluding hydrogens is 544 g/mol. The maximum absolute atomic E-state index is 13.1. The molecule has 0 unspecified atom stereocenters. The minimum atomic E-state index is -1.28. The third kappa shape index (κ3) is 5.79. The van der Waals surface area contributed by atoms with Crippen LogP contribution < -0.4 is 15.4 Å². The first kappa shape index (κ1) is 27.6. The topological polar surface area (TPSA) is 194 Å². The Morgan fingerprint density at radius 2 is 1.43 bits per heavy atom. The second-order valence-electron chi connectivity index (χ2n) is 9.00. The fourth-order valence-electron chi connectivity index (χ4n) is 4.13. The van der Waals surface area contributed by atoms with Crippen LogP contribution in [0.25, 0.3) is 33.3 Å². The van der Waals surface area contributed by atoms with Gasteiger partial charge in [-0.05, 0) is 31.2 Å². The Hall–Kier alpha value is -5.98. The molecule has 0 fully saturated rings. The van der Waals surface area contributed by atoms with Crippen LogP contribution in [0.3, 0.4) is 0 Å². The van der Waals surface area contributed by atoms with Crippen LogP contribution >= 0.6 is 0 Å². The summed E-state index contributed by atoms with van der Waals surface area (Å²) >= 11 is 0. The molecule has 0 saturated carbocycles. The number of fused-ring (bicyclic) bond motifs is 2. The Kier molecular flexibility index (Phi) is 7.64. The van der Waals surface area contributed by atoms with Gasteiger partial charge in [-0.1, -0.05) is 30.3 Å². The van der Waals surface area contributed by atoms with Crippen molar-refractivity contribution in [2.45, 2.75) is 6.92 Å². The molecule has 0 bridgehead atoms. The first-order valence-corrected chi connectivity index (χ1v) is 12.5. The SMILES string of the molecule is Cc1cnc2ccc(O)c(C(=O)NCC(=O)Oc3ccc4ncc(-c5ccccc5)nc4c3C(=O)NCC(=O)O)c2n1. The van der Waals surface area contributed by atoms with E-state index in [0.29, 0.717) is 28.0 Å². The van der Waals surface area contributed by atoms with Gasteiger partial charge in [-0.3, -0.25) is 24.4 Å². The number of aromatic hydroxyl groups is 1. The molecule has 42 heavy (non-hydrogen) atoms. The maximum Gasteiger partial charge on any atom is 0.330 e. The number of benzene rings is 3. The average molecular weight is 567 g/mol. The van der Waals surface area contributed by atoms with Gasteiger partial charge in [0.05, 0.1) is 28.6 Å². The first-order chi connectivity index (χ1) is 20.2. The van der Waals surface area contributed by atoms with E-state index in [1.807, 2.05) is 6.07 Å². The van der Waals surface area contributed by atoms with E-state index in [-0.39, 0.29) is 33.7 Å². The van der Waals surface area contributed by atoms with Gasteiger partial charge in [0, 0.05) is 11.8 Å². The Bertz CT molecular complexity index is 1870. The zero-order valence-corrected chi connectivity index (χ0v) is 22.0. The molecule has 2 heterocycles. The van der Waals surface area contributed by atoms with E-state index < -0.39 is 36.8 Å². The highest BCUT2D eigenvalue weighted by Crippen LogP contribution is 2.29. The molecule has 0 aliphatic heterocycles. The van der Waals surface area contributed by atoms with Gasteiger partial charge in [0.2, 0.25) is 0 Å². The highest BCUT2D eigenvalue weighted by atomic mass is 16.5. The van der Waals surface area contributed by atoms with Gasteiger partial charge >= 0.3 is 11.9 Å². The van der Waals surface area contributed by atoms with Gasteiger partial charge in [0.25, 0.3) is 11.8 Å². The molecule has 2 amide bonds. The monoisotopic (exact) mass is 566 g/mol. The molecule has 5 rings (SSSR count). The van der Waals surface area contributed by atoms with Gasteiger partial charge in [0.1, 0.15) is 46.7 Å². The van der Waals surface area contributed by atoms with Gasteiger partial charge in [0.15, 0.2) is 0 Å². The molecule has 2 aromatic heterocycles. The number of carboxylic acid groups (broad SMARTS) is 1. The minimum absolute atomic E-state index is 0.0724. The standard InChI is InChI=1S/C29H22N6O7/c1-15-11-30-17-7-9-20(36)24(26(17)34-15)28(40)33-14-23(39)42-21-10-8-18-27(25(21)29(41)32-13-22(37)38)35-19(12-31-18)16-5-3-2-4-6-16/h2-12,36H,13-14H2,1H3,(H,32,41)(H,33,40)(H,37,38). The van der Waals surface area contributed by atoms with Gasteiger partial charge in [-0.15, -0.1) is 0 Å². The number of carboxylic acids is 1. The number of aliphatic carboxylic acids is 1. The van der Waals surface area contributed by atoms with Crippen molar-refractivity contribution in [2.75, 3.05) is 13.1 Å². The second kappa shape index (κ2) is 11.6. The van der Waals surface area contributed by atoms with E-state index in [0.717, 1.165) is 0 Å². The van der Waals surface area contributed by atoms with Crippen molar-refractivity contribution < 1.29 is 34.1 Å². The number of phenols is 1. The zero-order valence-electron chi connectivity index (χ0n) is 22.0. The smallest absolute Gasteiger partial charge is 0.330 e. The van der Waals surface area contributed by atoms with E-state index in [9.17, 15) is 24.3 Å². The van der Waals surface area contributed by atoms with Crippen molar-refractivity contribution >= 4 is 45.8 Å². The second-order valence-corrected chi connectivity index (χ2v) is 9.00. The summed E-state index contributed by atoms with van der Waals surface area (Å²) in [5.41, 5.74) is 2.18. The van der Waals surface area contributed by atoms with E-state index in [4.69, 9.17) is 9.84 Å². The lowest BCUT2D eigenvalue weighted by Gasteiger charge is -2.13. The third-order valence-corrected chi connectivity index (χ3v) is 6.03. The zero-order chi connectivity index (χ0) is 29.8. The number of nitrogens with one attached hydrogen (secondary N) is 2. The van der Waals surface area contributed by atoms with Crippen molar-refractivity contribution in [3.63, 3.8) is 0 Å². The van der Waals surface area contributed by atoms with Gasteiger partial charge in [-0.25, -0.2) is 14.8 Å². The van der Waals surface area contributed by atoms with E-state index in [2.05, 4.69) is 30.6 Å². The van der Waals surface area contributed by atoms with Crippen molar-refractivity contribution in [3.05, 3.63) is 83.8 Å². The summed E-state index contributed by atoms with van der Waals surface area (Å²) in [6.45, 7) is 0.343. The molecule has 0 aliphatic carbocycles. The molecule has 0 saturated heterocycles. The Balaban J connectivity index is 1.43. The molecule has 5 aromatic rings. The van der Waals surface area contributed by atoms with Crippen LogP contribution in [0.4, 0.5) is 0 Å². The van der Waals surface area contributed by atoms with Crippen molar-refractivity contribution in [1.29, 1.82) is 0 Å². The van der Waals surface area contributed by atoms with Crippen molar-refractivity contribution in [2.24, 2.45) is 0 Å². The number of ether oxygens (including phenoxy) is 1. The number of carbonyl (C=O) groups excluding carboxylic acids is 3. The summed E-state index contributed by atoms with van der Waals surface area (Å²) < 4.78 is 5.43. The highest BCUT2D eigenvalue weighted by molar-refractivity contribution is 6.09. The number of nitrogens with zero attached hydrogens (tertiary/aromatic N) is 4. The molecule has 0 aliphatic rings. The lowest BCUT2D eigenvalue weighted by Crippen LogP contribution is -2.33. The number of rotatable bonds is 8. The fraction of sp³-hybridized carbons (Fsp3) is 0.103. The number of amides is 2. The summed E-state index contributed by atoms with van der Waals surface area (Å²) in [6, 6.07) is 14.6.